The maximum absolute atomic E-state index is 10.4. The van der Waals surface area contributed by atoms with Crippen molar-refractivity contribution in [3.8, 4) is 0 Å². The second kappa shape index (κ2) is 29.3. The molecule has 0 heterocycles. The van der Waals surface area contributed by atoms with Gasteiger partial charge in [-0.15, -0.1) is 0 Å². The smallest absolute Gasteiger partial charge is 0.303 e. The van der Waals surface area contributed by atoms with Crippen molar-refractivity contribution < 1.29 is 36.4 Å². The Labute approximate surface area is 190 Å². The van der Waals surface area contributed by atoms with Gasteiger partial charge in [-0.25, -0.2) is 0 Å². The van der Waals surface area contributed by atoms with Crippen molar-refractivity contribution >= 4 is 5.97 Å². The normalized spacial score (nSPS) is 10.3. The van der Waals surface area contributed by atoms with Crippen molar-refractivity contribution in [1.82, 2.24) is 0 Å². The Morgan fingerprint density at radius 2 is 0.714 bits per heavy atom. The van der Waals surface area contributed by atoms with Crippen molar-refractivity contribution in [3.63, 3.8) is 0 Å². The molecule has 4 heteroatoms. The summed E-state index contributed by atoms with van der Waals surface area (Å²) >= 11 is 0. The molecule has 0 bridgehead atoms. The van der Waals surface area contributed by atoms with Crippen molar-refractivity contribution in [2.24, 2.45) is 0 Å². The molecular weight excluding hydrogens is 531 g/mol. The number of unbranched alkanes of at least 4 members (excludes halogenated alkanes) is 20. The number of aliphatic carboxylic acids is 1. The fraction of sp³-hybridized carbons (Fsp3) is 0.958. The van der Waals surface area contributed by atoms with Gasteiger partial charge >= 0.3 is 5.97 Å². The molecule has 0 saturated carbocycles. The maximum atomic E-state index is 10.4. The standard InChI is InChI=1S/C24H48O2.H2O.Pt/c1-2-3-4-5-6-7-8-9-10-11-12-13-14-15-16-17-18-19-20-21-22-23-24(25)26;;/h2-23H2,1H3,(H,25,26);1H2;. The molecule has 0 spiro atoms. The number of carboxylic acids is 1. The van der Waals surface area contributed by atoms with Gasteiger partial charge in [0.1, 0.15) is 0 Å². The summed E-state index contributed by atoms with van der Waals surface area (Å²) in [6.07, 6.45) is 29.1. The van der Waals surface area contributed by atoms with Gasteiger partial charge < -0.3 is 10.6 Å². The Hall–Kier alpha value is 0.118. The van der Waals surface area contributed by atoms with Gasteiger partial charge in [0, 0.05) is 27.5 Å². The molecule has 0 unspecified atom stereocenters. The van der Waals surface area contributed by atoms with Crippen LogP contribution in [0.2, 0.25) is 0 Å². The average Bonchev–Trinajstić information content (AvgIpc) is 2.62. The molecule has 174 valence electrons. The molecule has 0 aromatic rings. The van der Waals surface area contributed by atoms with Crippen molar-refractivity contribution in [1.29, 1.82) is 0 Å². The van der Waals surface area contributed by atoms with Crippen LogP contribution in [0.5, 0.6) is 0 Å². The van der Waals surface area contributed by atoms with E-state index < -0.39 is 5.97 Å². The Kier molecular flexibility index (Phi) is 34.3. The van der Waals surface area contributed by atoms with E-state index in [0.29, 0.717) is 6.42 Å². The number of carboxylic acid groups (broad SMARTS) is 1. The first-order chi connectivity index (χ1) is 12.8. The van der Waals surface area contributed by atoms with Crippen LogP contribution in [0.25, 0.3) is 0 Å². The van der Waals surface area contributed by atoms with E-state index in [1.54, 1.807) is 0 Å². The first-order valence-corrected chi connectivity index (χ1v) is 12.0. The van der Waals surface area contributed by atoms with Crippen molar-refractivity contribution in [2.45, 2.75) is 148 Å². The van der Waals surface area contributed by atoms with Crippen LogP contribution in [-0.2, 0) is 25.9 Å². The monoisotopic (exact) mass is 581 g/mol. The number of carbonyl (C=O) groups is 1. The zero-order valence-electron chi connectivity index (χ0n) is 18.7. The van der Waals surface area contributed by atoms with E-state index in [-0.39, 0.29) is 26.5 Å². The fourth-order valence-electron chi connectivity index (χ4n) is 3.71. The quantitative estimate of drug-likeness (QED) is 0.132. The Morgan fingerprint density at radius 3 is 0.929 bits per heavy atom. The molecule has 0 aliphatic carbocycles. The van der Waals surface area contributed by atoms with E-state index >= 15 is 0 Å². The van der Waals surface area contributed by atoms with Crippen LogP contribution in [-0.4, -0.2) is 16.6 Å². The molecule has 0 aromatic heterocycles. The summed E-state index contributed by atoms with van der Waals surface area (Å²) in [5.74, 6) is -0.650. The predicted octanol–water partition coefficient (Wildman–Crippen LogP) is 7.85. The Balaban J connectivity index is -0.00000312. The minimum atomic E-state index is -0.650. The summed E-state index contributed by atoms with van der Waals surface area (Å²) in [5, 5.41) is 8.57. The molecule has 0 amide bonds. The van der Waals surface area contributed by atoms with Gasteiger partial charge in [0.25, 0.3) is 0 Å². The summed E-state index contributed by atoms with van der Waals surface area (Å²) in [7, 11) is 0. The van der Waals surface area contributed by atoms with Crippen LogP contribution in [0.1, 0.15) is 148 Å². The van der Waals surface area contributed by atoms with Gasteiger partial charge in [0.2, 0.25) is 0 Å². The second-order valence-corrected chi connectivity index (χ2v) is 8.21. The summed E-state index contributed by atoms with van der Waals surface area (Å²) in [5.41, 5.74) is 0. The minimum absolute atomic E-state index is 0. The SMILES string of the molecule is CCCCCCCCCCCCCCCCCCCCCCCC(=O)O.O.[Pt]. The van der Waals surface area contributed by atoms with E-state index in [0.717, 1.165) is 12.8 Å². The van der Waals surface area contributed by atoms with Gasteiger partial charge in [-0.05, 0) is 6.42 Å². The van der Waals surface area contributed by atoms with Gasteiger partial charge in [0.15, 0.2) is 0 Å². The van der Waals surface area contributed by atoms with Gasteiger partial charge in [0.05, 0.1) is 0 Å². The third kappa shape index (κ3) is 30.8. The number of rotatable bonds is 22. The first kappa shape index (κ1) is 32.8. The molecule has 0 aliphatic rings. The Bertz CT molecular complexity index is 285. The van der Waals surface area contributed by atoms with Crippen molar-refractivity contribution in [3.05, 3.63) is 0 Å². The predicted molar refractivity (Wildman–Crippen MR) is 118 cm³/mol. The topological polar surface area (TPSA) is 68.8 Å². The molecule has 0 radical (unpaired) electrons. The summed E-state index contributed by atoms with van der Waals surface area (Å²) in [6.45, 7) is 2.29. The van der Waals surface area contributed by atoms with Gasteiger partial charge in [-0.1, -0.05) is 135 Å². The van der Waals surface area contributed by atoms with Crippen LogP contribution in [0, 0.1) is 0 Å². The zero-order chi connectivity index (χ0) is 19.1. The first-order valence-electron chi connectivity index (χ1n) is 12.0. The van der Waals surface area contributed by atoms with Crippen LogP contribution in [0.15, 0.2) is 0 Å². The maximum Gasteiger partial charge on any atom is 0.303 e. The average molecular weight is 582 g/mol. The summed E-state index contributed by atoms with van der Waals surface area (Å²) in [6, 6.07) is 0. The molecule has 0 rings (SSSR count). The van der Waals surface area contributed by atoms with E-state index in [2.05, 4.69) is 6.92 Å². The molecule has 0 saturated heterocycles. The van der Waals surface area contributed by atoms with E-state index in [9.17, 15) is 4.79 Å². The molecular formula is C24H50O3Pt. The van der Waals surface area contributed by atoms with E-state index in [1.165, 1.54) is 122 Å². The van der Waals surface area contributed by atoms with Crippen LogP contribution in [0.4, 0.5) is 0 Å². The fourth-order valence-corrected chi connectivity index (χ4v) is 3.71. The number of hydrogen-bond acceptors (Lipinski definition) is 1. The molecule has 28 heavy (non-hydrogen) atoms. The molecule has 0 fully saturated rings. The second-order valence-electron chi connectivity index (χ2n) is 8.21. The van der Waals surface area contributed by atoms with Crippen LogP contribution in [0.3, 0.4) is 0 Å². The molecule has 0 atom stereocenters. The third-order valence-electron chi connectivity index (χ3n) is 5.49. The van der Waals surface area contributed by atoms with Crippen molar-refractivity contribution in [2.75, 3.05) is 0 Å². The van der Waals surface area contributed by atoms with Gasteiger partial charge in [-0.2, -0.15) is 0 Å². The summed E-state index contributed by atoms with van der Waals surface area (Å²) < 4.78 is 0. The minimum Gasteiger partial charge on any atom is -0.481 e. The molecule has 3 N–H and O–H groups in total. The van der Waals surface area contributed by atoms with E-state index in [4.69, 9.17) is 5.11 Å². The number of hydrogen-bond donors (Lipinski definition) is 1. The molecule has 0 aromatic carbocycles. The molecule has 0 aliphatic heterocycles. The van der Waals surface area contributed by atoms with Gasteiger partial charge in [-0.3, -0.25) is 4.79 Å². The summed E-state index contributed by atoms with van der Waals surface area (Å²) in [4.78, 5) is 10.4. The van der Waals surface area contributed by atoms with Crippen LogP contribution < -0.4 is 0 Å². The van der Waals surface area contributed by atoms with Crippen LogP contribution >= 0.6 is 0 Å². The zero-order valence-corrected chi connectivity index (χ0v) is 21.0. The Morgan fingerprint density at radius 1 is 0.500 bits per heavy atom. The molecule has 3 nitrogen and oxygen atoms in total. The third-order valence-corrected chi connectivity index (χ3v) is 5.49. The van der Waals surface area contributed by atoms with E-state index in [1.807, 2.05) is 0 Å². The largest absolute Gasteiger partial charge is 0.481 e.